The highest BCUT2D eigenvalue weighted by Crippen LogP contribution is 2.22. The Morgan fingerprint density at radius 3 is 2.36 bits per heavy atom. The van der Waals surface area contributed by atoms with Crippen LogP contribution in [-0.2, 0) is 35.3 Å². The molecule has 0 aromatic heterocycles. The first kappa shape index (κ1) is 19.9. The van der Waals surface area contributed by atoms with E-state index in [-0.39, 0.29) is 5.91 Å². The molecule has 2 aromatic rings. The Morgan fingerprint density at radius 2 is 1.64 bits per heavy atom. The van der Waals surface area contributed by atoms with Gasteiger partial charge in [0.25, 0.3) is 0 Å². The number of carbonyl (C=O) groups excluding carboxylic acids is 2. The van der Waals surface area contributed by atoms with Crippen molar-refractivity contribution in [2.75, 3.05) is 5.32 Å². The minimum absolute atomic E-state index is 0.0200. The van der Waals surface area contributed by atoms with Crippen LogP contribution in [0.25, 0.3) is 0 Å². The molecule has 1 aliphatic rings. The monoisotopic (exact) mass is 380 g/mol. The van der Waals surface area contributed by atoms with E-state index in [4.69, 9.17) is 4.74 Å². The average Bonchev–Trinajstić information content (AvgIpc) is 3.08. The number of benzene rings is 2. The van der Waals surface area contributed by atoms with Crippen molar-refractivity contribution >= 4 is 17.7 Å². The number of aryl methyl sites for hydroxylation is 2. The van der Waals surface area contributed by atoms with Crippen LogP contribution in [0.1, 0.15) is 49.4 Å². The Kier molecular flexibility index (Phi) is 6.02. The van der Waals surface area contributed by atoms with E-state index in [1.807, 2.05) is 32.9 Å². The van der Waals surface area contributed by atoms with Crippen molar-refractivity contribution in [3.05, 3.63) is 64.7 Å². The summed E-state index contributed by atoms with van der Waals surface area (Å²) in [6, 6.07) is 13.7. The Labute approximate surface area is 166 Å². The first-order chi connectivity index (χ1) is 13.3. The second kappa shape index (κ2) is 8.46. The molecule has 0 fully saturated rings. The van der Waals surface area contributed by atoms with Crippen LogP contribution >= 0.6 is 0 Å². The number of hydrogen-bond acceptors (Lipinski definition) is 3. The molecule has 0 spiro atoms. The van der Waals surface area contributed by atoms with E-state index in [0.29, 0.717) is 18.7 Å². The zero-order valence-corrected chi connectivity index (χ0v) is 16.8. The summed E-state index contributed by atoms with van der Waals surface area (Å²) in [6.07, 6.45) is 3.34. The Balaban J connectivity index is 1.47. The molecular formula is C23H28N2O3. The van der Waals surface area contributed by atoms with Crippen molar-refractivity contribution in [2.24, 2.45) is 0 Å². The van der Waals surface area contributed by atoms with Crippen LogP contribution in [0, 0.1) is 0 Å². The number of amides is 2. The van der Waals surface area contributed by atoms with Gasteiger partial charge < -0.3 is 10.1 Å². The molecule has 28 heavy (non-hydrogen) atoms. The van der Waals surface area contributed by atoms with Crippen LogP contribution in [0.4, 0.5) is 10.5 Å². The maximum Gasteiger partial charge on any atom is 0.412 e. The van der Waals surface area contributed by atoms with Crippen LogP contribution in [-0.4, -0.2) is 17.6 Å². The van der Waals surface area contributed by atoms with Gasteiger partial charge in [-0.2, -0.15) is 0 Å². The molecule has 0 heterocycles. The number of ether oxygens (including phenoxy) is 1. The van der Waals surface area contributed by atoms with Crippen molar-refractivity contribution in [3.8, 4) is 0 Å². The van der Waals surface area contributed by atoms with E-state index >= 15 is 0 Å². The predicted octanol–water partition coefficient (Wildman–Crippen LogP) is 4.38. The number of nitrogens with one attached hydrogen (secondary N) is 2. The zero-order chi connectivity index (χ0) is 20.1. The van der Waals surface area contributed by atoms with Gasteiger partial charge >= 0.3 is 6.09 Å². The SMILES string of the molecule is CC(C)(C)OC(=O)Nc1ccc(CC(=O)NCc2ccc3c(c2)CCC3)cc1. The van der Waals surface area contributed by atoms with Crippen LogP contribution in [0.15, 0.2) is 42.5 Å². The second-order valence-electron chi connectivity index (χ2n) is 8.23. The predicted molar refractivity (Wildman–Crippen MR) is 110 cm³/mol. The van der Waals surface area contributed by atoms with E-state index < -0.39 is 11.7 Å². The number of carbonyl (C=O) groups is 2. The Bertz CT molecular complexity index is 851. The summed E-state index contributed by atoms with van der Waals surface area (Å²) in [5.41, 5.74) is 4.99. The molecule has 0 unspecified atom stereocenters. The second-order valence-corrected chi connectivity index (χ2v) is 8.23. The molecule has 1 aliphatic carbocycles. The highest BCUT2D eigenvalue weighted by Gasteiger charge is 2.16. The van der Waals surface area contributed by atoms with E-state index in [2.05, 4.69) is 28.8 Å². The number of fused-ring (bicyclic) bond motifs is 1. The molecule has 5 nitrogen and oxygen atoms in total. The third kappa shape index (κ3) is 5.84. The molecule has 0 radical (unpaired) electrons. The third-order valence-electron chi connectivity index (χ3n) is 4.62. The van der Waals surface area contributed by atoms with Gasteiger partial charge in [-0.3, -0.25) is 10.1 Å². The minimum atomic E-state index is -0.541. The molecule has 0 saturated carbocycles. The van der Waals surface area contributed by atoms with Gasteiger partial charge in [0.1, 0.15) is 5.60 Å². The highest BCUT2D eigenvalue weighted by atomic mass is 16.6. The van der Waals surface area contributed by atoms with Crippen molar-refractivity contribution in [1.29, 1.82) is 0 Å². The van der Waals surface area contributed by atoms with E-state index in [9.17, 15) is 9.59 Å². The van der Waals surface area contributed by atoms with Gasteiger partial charge in [0.15, 0.2) is 0 Å². The smallest absolute Gasteiger partial charge is 0.412 e. The van der Waals surface area contributed by atoms with Crippen molar-refractivity contribution < 1.29 is 14.3 Å². The molecule has 148 valence electrons. The normalized spacial score (nSPS) is 13.0. The topological polar surface area (TPSA) is 67.4 Å². The quantitative estimate of drug-likeness (QED) is 0.809. The Hall–Kier alpha value is -2.82. The number of rotatable bonds is 5. The fraction of sp³-hybridized carbons (Fsp3) is 0.391. The summed E-state index contributed by atoms with van der Waals surface area (Å²) in [5, 5.41) is 5.67. The lowest BCUT2D eigenvalue weighted by atomic mass is 10.1. The molecule has 2 aromatic carbocycles. The number of hydrogen-bond donors (Lipinski definition) is 2. The molecule has 3 rings (SSSR count). The van der Waals surface area contributed by atoms with Gasteiger partial charge in [0.05, 0.1) is 6.42 Å². The highest BCUT2D eigenvalue weighted by molar-refractivity contribution is 5.85. The van der Waals surface area contributed by atoms with Gasteiger partial charge in [-0.25, -0.2) is 4.79 Å². The first-order valence-corrected chi connectivity index (χ1v) is 9.75. The minimum Gasteiger partial charge on any atom is -0.444 e. The van der Waals surface area contributed by atoms with Crippen molar-refractivity contribution in [3.63, 3.8) is 0 Å². The lowest BCUT2D eigenvalue weighted by molar-refractivity contribution is -0.120. The fourth-order valence-electron chi connectivity index (χ4n) is 3.31. The van der Waals surface area contributed by atoms with Crippen molar-refractivity contribution in [2.45, 2.75) is 58.6 Å². The molecule has 2 N–H and O–H groups in total. The van der Waals surface area contributed by atoms with Gasteiger partial charge in [-0.05, 0) is 74.4 Å². The lowest BCUT2D eigenvalue weighted by Gasteiger charge is -2.19. The summed E-state index contributed by atoms with van der Waals surface area (Å²) in [6.45, 7) is 6.00. The zero-order valence-electron chi connectivity index (χ0n) is 16.8. The molecule has 0 atom stereocenters. The standard InChI is InChI=1S/C23H28N2O3/c1-23(2,3)28-22(27)25-20-11-8-16(9-12-20)14-21(26)24-15-17-7-10-18-5-4-6-19(18)13-17/h7-13H,4-6,14-15H2,1-3H3,(H,24,26)(H,25,27). The van der Waals surface area contributed by atoms with Gasteiger partial charge in [0, 0.05) is 12.2 Å². The van der Waals surface area contributed by atoms with Gasteiger partial charge in [-0.1, -0.05) is 30.3 Å². The summed E-state index contributed by atoms with van der Waals surface area (Å²) >= 11 is 0. The van der Waals surface area contributed by atoms with Crippen LogP contribution in [0.5, 0.6) is 0 Å². The van der Waals surface area contributed by atoms with E-state index in [0.717, 1.165) is 17.5 Å². The fourth-order valence-corrected chi connectivity index (χ4v) is 3.31. The average molecular weight is 380 g/mol. The maximum atomic E-state index is 12.2. The largest absolute Gasteiger partial charge is 0.444 e. The van der Waals surface area contributed by atoms with E-state index in [1.165, 1.54) is 24.0 Å². The summed E-state index contributed by atoms with van der Waals surface area (Å²) in [4.78, 5) is 24.0. The molecule has 5 heteroatoms. The summed E-state index contributed by atoms with van der Waals surface area (Å²) in [5.74, 6) is -0.0200. The maximum absolute atomic E-state index is 12.2. The molecule has 0 aliphatic heterocycles. The molecule has 2 amide bonds. The van der Waals surface area contributed by atoms with Crippen LogP contribution in [0.3, 0.4) is 0 Å². The molecule has 0 saturated heterocycles. The van der Waals surface area contributed by atoms with E-state index in [1.54, 1.807) is 12.1 Å². The van der Waals surface area contributed by atoms with Gasteiger partial charge in [0.2, 0.25) is 5.91 Å². The molecular weight excluding hydrogens is 352 g/mol. The van der Waals surface area contributed by atoms with Crippen LogP contribution in [0.2, 0.25) is 0 Å². The Morgan fingerprint density at radius 1 is 0.964 bits per heavy atom. The lowest BCUT2D eigenvalue weighted by Crippen LogP contribution is -2.27. The number of anilines is 1. The third-order valence-corrected chi connectivity index (χ3v) is 4.62. The first-order valence-electron chi connectivity index (χ1n) is 9.75. The summed E-state index contributed by atoms with van der Waals surface area (Å²) in [7, 11) is 0. The van der Waals surface area contributed by atoms with Crippen molar-refractivity contribution in [1.82, 2.24) is 5.32 Å². The van der Waals surface area contributed by atoms with Crippen LogP contribution < -0.4 is 10.6 Å². The summed E-state index contributed by atoms with van der Waals surface area (Å²) < 4.78 is 5.22. The molecule has 0 bridgehead atoms. The van der Waals surface area contributed by atoms with Gasteiger partial charge in [-0.15, -0.1) is 0 Å².